The number of primary amides is 2. The Labute approximate surface area is 204 Å². The second-order valence-electron chi connectivity index (χ2n) is 8.72. The Hall–Kier alpha value is -3.26. The van der Waals surface area contributed by atoms with Gasteiger partial charge in [0.05, 0.1) is 12.5 Å². The van der Waals surface area contributed by atoms with Crippen LogP contribution in [0.15, 0.2) is 0 Å². The predicted octanol–water partition coefficient (Wildman–Crippen LogP) is -2.83. The van der Waals surface area contributed by atoms with Gasteiger partial charge in [-0.3, -0.25) is 24.0 Å². The minimum atomic E-state index is -1.56. The van der Waals surface area contributed by atoms with Crippen LogP contribution in [0.2, 0.25) is 0 Å². The number of hydrogen-bond donors (Lipinski definition) is 8. The maximum Gasteiger partial charge on any atom is 0.326 e. The molecule has 0 saturated heterocycles. The fourth-order valence-corrected chi connectivity index (χ4v) is 3.12. The van der Waals surface area contributed by atoms with Crippen LogP contribution in [-0.2, 0) is 28.8 Å². The predicted molar refractivity (Wildman–Crippen MR) is 126 cm³/mol. The molecule has 0 saturated carbocycles. The number of carboxylic acid groups (broad SMARTS) is 1. The van der Waals surface area contributed by atoms with Crippen LogP contribution < -0.4 is 38.9 Å². The zero-order valence-electron chi connectivity index (χ0n) is 20.2. The smallest absolute Gasteiger partial charge is 0.326 e. The first-order valence-corrected chi connectivity index (χ1v) is 11.4. The van der Waals surface area contributed by atoms with Gasteiger partial charge < -0.3 is 44.0 Å². The summed E-state index contributed by atoms with van der Waals surface area (Å²) in [5.74, 6) is -5.23. The molecule has 0 aromatic rings. The molecule has 14 heteroatoms. The van der Waals surface area contributed by atoms with E-state index in [4.69, 9.17) is 22.9 Å². The average molecular weight is 502 g/mol. The molecule has 4 unspecified atom stereocenters. The number of amides is 5. The maximum absolute atomic E-state index is 13.0. The quantitative estimate of drug-likeness (QED) is 0.0898. The van der Waals surface area contributed by atoms with Gasteiger partial charge in [0, 0.05) is 6.42 Å². The summed E-state index contributed by atoms with van der Waals surface area (Å²) < 4.78 is 0. The molecule has 14 nitrogen and oxygen atoms in total. The third-order valence-electron chi connectivity index (χ3n) is 4.98. The molecule has 200 valence electrons. The van der Waals surface area contributed by atoms with E-state index >= 15 is 0 Å². The van der Waals surface area contributed by atoms with Gasteiger partial charge in [-0.05, 0) is 44.6 Å². The Morgan fingerprint density at radius 3 is 1.80 bits per heavy atom. The lowest BCUT2D eigenvalue weighted by Crippen LogP contribution is -2.57. The molecule has 5 amide bonds. The van der Waals surface area contributed by atoms with Crippen LogP contribution in [-0.4, -0.2) is 71.3 Å². The molecule has 0 fully saturated rings. The minimum Gasteiger partial charge on any atom is -0.480 e. The van der Waals surface area contributed by atoms with E-state index in [0.717, 1.165) is 0 Å². The fraction of sp³-hybridized carbons (Fsp3) is 0.714. The summed E-state index contributed by atoms with van der Waals surface area (Å²) in [6.07, 6.45) is 0.695. The van der Waals surface area contributed by atoms with Gasteiger partial charge in [-0.15, -0.1) is 0 Å². The molecule has 0 aromatic carbocycles. The van der Waals surface area contributed by atoms with Gasteiger partial charge in [0.1, 0.15) is 18.1 Å². The van der Waals surface area contributed by atoms with Gasteiger partial charge in [-0.25, -0.2) is 4.79 Å². The first-order chi connectivity index (χ1) is 16.3. The van der Waals surface area contributed by atoms with Crippen molar-refractivity contribution in [2.45, 2.75) is 83.0 Å². The number of unbranched alkanes of at least 4 members (excludes halogenated alkanes) is 1. The Kier molecular flexibility index (Phi) is 14.9. The zero-order chi connectivity index (χ0) is 27.1. The summed E-state index contributed by atoms with van der Waals surface area (Å²) in [7, 11) is 0. The highest BCUT2D eigenvalue weighted by Crippen LogP contribution is 2.09. The molecule has 0 rings (SSSR count). The van der Waals surface area contributed by atoms with Crippen molar-refractivity contribution in [2.75, 3.05) is 6.54 Å². The highest BCUT2D eigenvalue weighted by Gasteiger charge is 2.31. The van der Waals surface area contributed by atoms with Crippen molar-refractivity contribution in [1.82, 2.24) is 16.0 Å². The number of carbonyl (C=O) groups excluding carboxylic acids is 5. The molecule has 0 aromatic heterocycles. The van der Waals surface area contributed by atoms with Crippen LogP contribution >= 0.6 is 0 Å². The first kappa shape index (κ1) is 31.7. The monoisotopic (exact) mass is 501 g/mol. The molecule has 0 aliphatic heterocycles. The maximum atomic E-state index is 13.0. The van der Waals surface area contributed by atoms with Crippen molar-refractivity contribution in [3.8, 4) is 0 Å². The summed E-state index contributed by atoms with van der Waals surface area (Å²) in [4.78, 5) is 71.7. The van der Waals surface area contributed by atoms with Crippen LogP contribution in [0.5, 0.6) is 0 Å². The number of hydrogen-bond acceptors (Lipinski definition) is 8. The van der Waals surface area contributed by atoms with Gasteiger partial charge >= 0.3 is 5.97 Å². The molecular formula is C21H39N7O7. The van der Waals surface area contributed by atoms with Gasteiger partial charge in [0.2, 0.25) is 29.5 Å². The molecular weight excluding hydrogens is 462 g/mol. The normalized spacial score (nSPS) is 14.3. The minimum absolute atomic E-state index is 0.00682. The largest absolute Gasteiger partial charge is 0.480 e. The van der Waals surface area contributed by atoms with Crippen molar-refractivity contribution in [1.29, 1.82) is 0 Å². The topological polar surface area (TPSA) is 263 Å². The van der Waals surface area contributed by atoms with Crippen LogP contribution in [0.1, 0.15) is 58.8 Å². The fourth-order valence-electron chi connectivity index (χ4n) is 3.12. The molecule has 0 spiro atoms. The summed E-state index contributed by atoms with van der Waals surface area (Å²) in [6, 6.07) is -4.84. The molecule has 0 aliphatic carbocycles. The van der Waals surface area contributed by atoms with Crippen molar-refractivity contribution in [3.05, 3.63) is 0 Å². The van der Waals surface area contributed by atoms with Gasteiger partial charge in [-0.1, -0.05) is 13.8 Å². The number of carboxylic acids is 1. The van der Waals surface area contributed by atoms with E-state index in [0.29, 0.717) is 19.4 Å². The van der Waals surface area contributed by atoms with Crippen molar-refractivity contribution in [3.63, 3.8) is 0 Å². The molecule has 4 atom stereocenters. The number of nitrogens with one attached hydrogen (secondary N) is 3. The van der Waals surface area contributed by atoms with Gasteiger partial charge in [0.15, 0.2) is 0 Å². The van der Waals surface area contributed by atoms with Crippen LogP contribution in [0, 0.1) is 5.92 Å². The Morgan fingerprint density at radius 1 is 0.771 bits per heavy atom. The second kappa shape index (κ2) is 16.4. The molecule has 0 radical (unpaired) electrons. The number of rotatable bonds is 18. The summed E-state index contributed by atoms with van der Waals surface area (Å²) in [5.41, 5.74) is 21.4. The van der Waals surface area contributed by atoms with E-state index in [2.05, 4.69) is 16.0 Å². The first-order valence-electron chi connectivity index (χ1n) is 11.4. The van der Waals surface area contributed by atoms with Crippen LogP contribution in [0.4, 0.5) is 0 Å². The van der Waals surface area contributed by atoms with E-state index in [9.17, 15) is 33.9 Å². The summed E-state index contributed by atoms with van der Waals surface area (Å²) in [5, 5.41) is 16.5. The lowest BCUT2D eigenvalue weighted by atomic mass is 10.0. The average Bonchev–Trinajstić information content (AvgIpc) is 2.74. The van der Waals surface area contributed by atoms with Gasteiger partial charge in [-0.2, -0.15) is 0 Å². The van der Waals surface area contributed by atoms with E-state index in [1.54, 1.807) is 13.8 Å². The molecule has 0 aliphatic rings. The third kappa shape index (κ3) is 13.9. The Bertz CT molecular complexity index is 760. The summed E-state index contributed by atoms with van der Waals surface area (Å²) >= 11 is 0. The molecule has 12 N–H and O–H groups in total. The van der Waals surface area contributed by atoms with E-state index in [1.165, 1.54) is 0 Å². The van der Waals surface area contributed by atoms with Crippen molar-refractivity contribution in [2.24, 2.45) is 28.9 Å². The SMILES string of the molecule is CC(C)CC(NC(=O)C(CCCCN)NC(=O)C(N)CCC(N)=O)C(=O)NC(CC(N)=O)C(=O)O. The Morgan fingerprint density at radius 2 is 1.31 bits per heavy atom. The third-order valence-corrected chi connectivity index (χ3v) is 4.98. The number of aliphatic carboxylic acids is 1. The van der Waals surface area contributed by atoms with Gasteiger partial charge in [0.25, 0.3) is 0 Å². The molecule has 35 heavy (non-hydrogen) atoms. The lowest BCUT2D eigenvalue weighted by molar-refractivity contribution is -0.144. The molecule has 0 heterocycles. The molecule has 0 bridgehead atoms. The second-order valence-corrected chi connectivity index (χ2v) is 8.72. The van der Waals surface area contributed by atoms with Crippen molar-refractivity contribution < 1.29 is 33.9 Å². The highest BCUT2D eigenvalue weighted by atomic mass is 16.4. The van der Waals surface area contributed by atoms with E-state index < -0.39 is 66.1 Å². The zero-order valence-corrected chi connectivity index (χ0v) is 20.2. The van der Waals surface area contributed by atoms with E-state index in [-0.39, 0.29) is 31.6 Å². The Balaban J connectivity index is 5.51. The van der Waals surface area contributed by atoms with Crippen molar-refractivity contribution >= 4 is 35.5 Å². The standard InChI is InChI=1S/C21H39N7O7/c1-11(2)9-14(20(33)28-15(21(34)35)10-17(25)30)27-19(32)13(5-3-4-8-22)26-18(31)12(23)6-7-16(24)29/h11-15H,3-10,22-23H2,1-2H3,(H2,24,29)(H2,25,30)(H,26,31)(H,27,32)(H,28,33)(H,34,35). The number of carbonyl (C=O) groups is 6. The highest BCUT2D eigenvalue weighted by molar-refractivity contribution is 5.95. The summed E-state index contributed by atoms with van der Waals surface area (Å²) in [6.45, 7) is 3.96. The van der Waals surface area contributed by atoms with Crippen LogP contribution in [0.3, 0.4) is 0 Å². The van der Waals surface area contributed by atoms with Crippen LogP contribution in [0.25, 0.3) is 0 Å². The van der Waals surface area contributed by atoms with E-state index in [1.807, 2.05) is 0 Å². The number of nitrogens with two attached hydrogens (primary N) is 4. The lowest BCUT2D eigenvalue weighted by Gasteiger charge is -2.26.